The van der Waals surface area contributed by atoms with E-state index in [-0.39, 0.29) is 5.41 Å². The smallest absolute Gasteiger partial charge is 0.405 e. The number of nitrogens with one attached hydrogen (secondary N) is 1. The average molecular weight is 377 g/mol. The second-order valence-electron chi connectivity index (χ2n) is 9.46. The van der Waals surface area contributed by atoms with Crippen LogP contribution in [0, 0.1) is 17.8 Å². The quantitative estimate of drug-likeness (QED) is 0.674. The predicted octanol–water partition coefficient (Wildman–Crippen LogP) is 3.58. The molecule has 1 unspecified atom stereocenters. The van der Waals surface area contributed by atoms with Gasteiger partial charge in [0.1, 0.15) is 6.04 Å². The summed E-state index contributed by atoms with van der Waals surface area (Å²) in [5.41, 5.74) is 0.0786. The van der Waals surface area contributed by atoms with Gasteiger partial charge in [-0.25, -0.2) is 4.79 Å². The van der Waals surface area contributed by atoms with Gasteiger partial charge in [0.25, 0.3) is 0 Å². The van der Waals surface area contributed by atoms with Gasteiger partial charge in [0, 0.05) is 5.41 Å². The standard InChI is InChI=1S/C20H32N4O3/c1-24(2)6-4-3-5-16(21-19(25)26)17-22-18(23-27-17)20-10-13-7-14(11-20)9-15(8-13)12-20/h13-16,21H,3-12H2,1-2H3,(H,25,26). The Bertz CT molecular complexity index is 637. The van der Waals surface area contributed by atoms with Crippen molar-refractivity contribution in [3.8, 4) is 0 Å². The largest absolute Gasteiger partial charge is 0.465 e. The van der Waals surface area contributed by atoms with Crippen LogP contribution in [0.25, 0.3) is 0 Å². The Morgan fingerprint density at radius 3 is 2.41 bits per heavy atom. The lowest BCUT2D eigenvalue weighted by molar-refractivity contribution is -0.0103. The van der Waals surface area contributed by atoms with Gasteiger partial charge in [0.2, 0.25) is 5.89 Å². The van der Waals surface area contributed by atoms with E-state index in [4.69, 9.17) is 9.51 Å². The third-order valence-corrected chi connectivity index (χ3v) is 6.90. The van der Waals surface area contributed by atoms with E-state index in [0.29, 0.717) is 12.3 Å². The lowest BCUT2D eigenvalue weighted by atomic mass is 9.49. The third kappa shape index (κ3) is 3.98. The van der Waals surface area contributed by atoms with E-state index in [1.54, 1.807) is 0 Å². The number of nitrogens with zero attached hydrogens (tertiary/aromatic N) is 3. The lowest BCUT2D eigenvalue weighted by Crippen LogP contribution is -2.49. The number of hydrogen-bond donors (Lipinski definition) is 2. The van der Waals surface area contributed by atoms with Gasteiger partial charge in [-0.05, 0) is 96.2 Å². The Kier molecular flexibility index (Phi) is 5.14. The molecule has 0 spiro atoms. The van der Waals surface area contributed by atoms with Crippen molar-refractivity contribution in [2.24, 2.45) is 17.8 Å². The number of aromatic nitrogens is 2. The summed E-state index contributed by atoms with van der Waals surface area (Å²) in [7, 11) is 4.09. The van der Waals surface area contributed by atoms with Crippen LogP contribution in [0.5, 0.6) is 0 Å². The number of rotatable bonds is 8. The first-order valence-corrected chi connectivity index (χ1v) is 10.4. The molecule has 1 atom stereocenters. The number of hydrogen-bond acceptors (Lipinski definition) is 5. The third-order valence-electron chi connectivity index (χ3n) is 6.90. The zero-order valence-corrected chi connectivity index (χ0v) is 16.5. The molecule has 4 saturated carbocycles. The predicted molar refractivity (Wildman–Crippen MR) is 100 cm³/mol. The molecule has 150 valence electrons. The first kappa shape index (κ1) is 18.7. The summed E-state index contributed by atoms with van der Waals surface area (Å²) in [5.74, 6) is 3.72. The molecule has 1 aromatic heterocycles. The number of amides is 1. The number of carbonyl (C=O) groups is 1. The summed E-state index contributed by atoms with van der Waals surface area (Å²) in [6.07, 6.45) is 9.23. The highest BCUT2D eigenvalue weighted by atomic mass is 16.5. The summed E-state index contributed by atoms with van der Waals surface area (Å²) < 4.78 is 5.60. The molecule has 7 heteroatoms. The number of carboxylic acid groups (broad SMARTS) is 1. The molecule has 1 aromatic rings. The maximum Gasteiger partial charge on any atom is 0.405 e. The molecule has 0 radical (unpaired) electrons. The van der Waals surface area contributed by atoms with Crippen LogP contribution in [-0.2, 0) is 5.41 Å². The highest BCUT2D eigenvalue weighted by Crippen LogP contribution is 2.60. The van der Waals surface area contributed by atoms with E-state index in [1.807, 2.05) is 14.1 Å². The number of unbranched alkanes of at least 4 members (excludes halogenated alkanes) is 1. The van der Waals surface area contributed by atoms with Gasteiger partial charge < -0.3 is 19.8 Å². The SMILES string of the molecule is CN(C)CCCCC(NC(=O)O)c1nc(C23CC4CC(CC(C4)C2)C3)no1. The van der Waals surface area contributed by atoms with Crippen LogP contribution < -0.4 is 5.32 Å². The van der Waals surface area contributed by atoms with Crippen LogP contribution in [0.15, 0.2) is 4.52 Å². The van der Waals surface area contributed by atoms with Gasteiger partial charge in [-0.3, -0.25) is 0 Å². The molecule has 0 aliphatic heterocycles. The molecule has 4 aliphatic carbocycles. The molecule has 4 bridgehead atoms. The topological polar surface area (TPSA) is 91.5 Å². The van der Waals surface area contributed by atoms with E-state index < -0.39 is 12.1 Å². The minimum absolute atomic E-state index is 0.0786. The Morgan fingerprint density at radius 1 is 1.22 bits per heavy atom. The fourth-order valence-corrected chi connectivity index (χ4v) is 6.16. The molecule has 1 heterocycles. The summed E-state index contributed by atoms with van der Waals surface area (Å²) in [4.78, 5) is 18.1. The van der Waals surface area contributed by atoms with Crippen molar-refractivity contribution in [3.05, 3.63) is 11.7 Å². The van der Waals surface area contributed by atoms with E-state index >= 15 is 0 Å². The normalized spacial score (nSPS) is 32.8. The van der Waals surface area contributed by atoms with Crippen LogP contribution in [0.3, 0.4) is 0 Å². The summed E-state index contributed by atoms with van der Waals surface area (Å²) in [6.45, 7) is 0.988. The first-order valence-electron chi connectivity index (χ1n) is 10.4. The minimum Gasteiger partial charge on any atom is -0.465 e. The Morgan fingerprint density at radius 2 is 1.85 bits per heavy atom. The van der Waals surface area contributed by atoms with Crippen molar-refractivity contribution in [2.45, 2.75) is 69.2 Å². The fourth-order valence-electron chi connectivity index (χ4n) is 6.16. The van der Waals surface area contributed by atoms with Crippen LogP contribution in [0.4, 0.5) is 4.79 Å². The van der Waals surface area contributed by atoms with E-state index in [9.17, 15) is 9.90 Å². The van der Waals surface area contributed by atoms with Crippen LogP contribution in [0.1, 0.15) is 75.5 Å². The molecular formula is C20H32N4O3. The maximum atomic E-state index is 11.2. The monoisotopic (exact) mass is 376 g/mol. The van der Waals surface area contributed by atoms with Gasteiger partial charge in [-0.2, -0.15) is 4.98 Å². The molecule has 7 nitrogen and oxygen atoms in total. The van der Waals surface area contributed by atoms with Crippen LogP contribution >= 0.6 is 0 Å². The van der Waals surface area contributed by atoms with Gasteiger partial charge in [0.15, 0.2) is 5.82 Å². The minimum atomic E-state index is -1.04. The summed E-state index contributed by atoms with van der Waals surface area (Å²) >= 11 is 0. The van der Waals surface area contributed by atoms with Crippen LogP contribution in [0.2, 0.25) is 0 Å². The van der Waals surface area contributed by atoms with Crippen molar-refractivity contribution in [3.63, 3.8) is 0 Å². The van der Waals surface area contributed by atoms with Gasteiger partial charge in [-0.15, -0.1) is 0 Å². The Hall–Kier alpha value is -1.63. The van der Waals surface area contributed by atoms with Gasteiger partial charge in [-0.1, -0.05) is 5.16 Å². The molecule has 4 aliphatic rings. The molecule has 5 rings (SSSR count). The molecule has 2 N–H and O–H groups in total. The zero-order valence-electron chi connectivity index (χ0n) is 16.5. The fraction of sp³-hybridized carbons (Fsp3) is 0.850. The Labute approximate surface area is 160 Å². The maximum absolute atomic E-state index is 11.2. The van der Waals surface area contributed by atoms with E-state index in [1.165, 1.54) is 38.5 Å². The first-order chi connectivity index (χ1) is 12.9. The van der Waals surface area contributed by atoms with Gasteiger partial charge in [0.05, 0.1) is 0 Å². The molecule has 27 heavy (non-hydrogen) atoms. The average Bonchev–Trinajstić information content (AvgIpc) is 3.06. The zero-order chi connectivity index (χ0) is 19.0. The molecule has 4 fully saturated rings. The van der Waals surface area contributed by atoms with Crippen molar-refractivity contribution in [2.75, 3.05) is 20.6 Å². The van der Waals surface area contributed by atoms with Crippen LogP contribution in [-0.4, -0.2) is 46.9 Å². The van der Waals surface area contributed by atoms with Crippen molar-refractivity contribution in [1.82, 2.24) is 20.4 Å². The van der Waals surface area contributed by atoms with E-state index in [2.05, 4.69) is 15.4 Å². The highest BCUT2D eigenvalue weighted by molar-refractivity contribution is 5.64. The highest BCUT2D eigenvalue weighted by Gasteiger charge is 2.53. The van der Waals surface area contributed by atoms with Crippen molar-refractivity contribution >= 4 is 6.09 Å². The molecular weight excluding hydrogens is 344 g/mol. The second-order valence-corrected chi connectivity index (χ2v) is 9.46. The molecule has 1 amide bonds. The summed E-state index contributed by atoms with van der Waals surface area (Å²) in [6, 6.07) is -0.417. The lowest BCUT2D eigenvalue weighted by Gasteiger charge is -2.55. The van der Waals surface area contributed by atoms with Crippen molar-refractivity contribution < 1.29 is 14.4 Å². The van der Waals surface area contributed by atoms with E-state index in [0.717, 1.165) is 43.0 Å². The Balaban J connectivity index is 1.46. The molecule has 0 saturated heterocycles. The summed E-state index contributed by atoms with van der Waals surface area (Å²) in [5, 5.41) is 16.2. The van der Waals surface area contributed by atoms with Gasteiger partial charge >= 0.3 is 6.09 Å². The second kappa shape index (κ2) is 7.41. The molecule has 0 aromatic carbocycles. The van der Waals surface area contributed by atoms with Crippen molar-refractivity contribution in [1.29, 1.82) is 0 Å².